The topological polar surface area (TPSA) is 103 Å². The maximum absolute atomic E-state index is 12.3. The van der Waals surface area contributed by atoms with Crippen LogP contribution in [0.3, 0.4) is 0 Å². The average Bonchev–Trinajstić information content (AvgIpc) is 3.05. The normalized spacial score (nSPS) is 14.0. The molecule has 2 aromatic rings. The predicted octanol–water partition coefficient (Wildman–Crippen LogP) is 2.34. The van der Waals surface area contributed by atoms with E-state index in [1.165, 1.54) is 12.5 Å². The molecule has 8 nitrogen and oxygen atoms in total. The molecule has 9 heteroatoms. The zero-order valence-electron chi connectivity index (χ0n) is 13.4. The summed E-state index contributed by atoms with van der Waals surface area (Å²) in [5.74, 6) is 0.262. The van der Waals surface area contributed by atoms with Gasteiger partial charge in [-0.2, -0.15) is 13.4 Å². The number of hydrogen-bond donors (Lipinski definition) is 1. The van der Waals surface area contributed by atoms with E-state index < -0.39 is 10.0 Å². The van der Waals surface area contributed by atoms with Crippen molar-refractivity contribution in [3.63, 3.8) is 0 Å². The highest BCUT2D eigenvalue weighted by Gasteiger charge is 2.25. The highest BCUT2D eigenvalue weighted by Crippen LogP contribution is 2.22. The SMILES string of the molecule is CCC(C)n1cnc(S(=O)(=O)Nc2noc(C(C)(C)C)n2)c1. The largest absolute Gasteiger partial charge is 0.337 e. The standard InChI is InChI=1S/C13H21N5O3S/c1-6-9(2)18-7-10(14-8-18)22(19,20)17-12-15-11(21-16-12)13(3,4)5/h7-9H,6H2,1-5H3,(H,16,17). The summed E-state index contributed by atoms with van der Waals surface area (Å²) < 4.78 is 33.6. The first-order valence-corrected chi connectivity index (χ1v) is 8.52. The highest BCUT2D eigenvalue weighted by molar-refractivity contribution is 7.92. The number of rotatable bonds is 5. The van der Waals surface area contributed by atoms with Crippen LogP contribution >= 0.6 is 0 Å². The molecular formula is C13H21N5O3S. The van der Waals surface area contributed by atoms with Crippen molar-refractivity contribution < 1.29 is 12.9 Å². The first-order valence-electron chi connectivity index (χ1n) is 7.04. The Labute approximate surface area is 130 Å². The van der Waals surface area contributed by atoms with Crippen LogP contribution in [0.25, 0.3) is 0 Å². The van der Waals surface area contributed by atoms with E-state index in [2.05, 4.69) is 19.8 Å². The molecule has 0 aliphatic heterocycles. The van der Waals surface area contributed by atoms with Crippen molar-refractivity contribution in [3.8, 4) is 0 Å². The third-order valence-corrected chi connectivity index (χ3v) is 4.46. The Bertz CT molecular complexity index is 742. The molecule has 122 valence electrons. The van der Waals surface area contributed by atoms with Gasteiger partial charge in [0.25, 0.3) is 16.0 Å². The van der Waals surface area contributed by atoms with E-state index in [4.69, 9.17) is 4.52 Å². The number of anilines is 1. The van der Waals surface area contributed by atoms with E-state index in [1.807, 2.05) is 34.6 Å². The van der Waals surface area contributed by atoms with Crippen molar-refractivity contribution in [2.75, 3.05) is 4.72 Å². The maximum Gasteiger partial charge on any atom is 0.283 e. The predicted molar refractivity (Wildman–Crippen MR) is 81.0 cm³/mol. The van der Waals surface area contributed by atoms with Gasteiger partial charge in [-0.15, -0.1) is 0 Å². The van der Waals surface area contributed by atoms with Crippen molar-refractivity contribution in [2.24, 2.45) is 0 Å². The van der Waals surface area contributed by atoms with Crippen molar-refractivity contribution in [2.45, 2.75) is 57.5 Å². The van der Waals surface area contributed by atoms with Gasteiger partial charge < -0.3 is 9.09 Å². The number of sulfonamides is 1. The van der Waals surface area contributed by atoms with Crippen LogP contribution in [-0.2, 0) is 15.4 Å². The lowest BCUT2D eigenvalue weighted by Gasteiger charge is -2.10. The molecule has 0 fully saturated rings. The molecular weight excluding hydrogens is 306 g/mol. The van der Waals surface area contributed by atoms with Crippen LogP contribution in [0.5, 0.6) is 0 Å². The van der Waals surface area contributed by atoms with Gasteiger partial charge in [0.1, 0.15) is 0 Å². The first-order chi connectivity index (χ1) is 10.1. The summed E-state index contributed by atoms with van der Waals surface area (Å²) in [4.78, 5) is 7.98. The minimum Gasteiger partial charge on any atom is -0.337 e. The molecule has 22 heavy (non-hydrogen) atoms. The van der Waals surface area contributed by atoms with Gasteiger partial charge in [-0.3, -0.25) is 0 Å². The number of imidazole rings is 1. The van der Waals surface area contributed by atoms with Crippen LogP contribution in [-0.4, -0.2) is 28.1 Å². The highest BCUT2D eigenvalue weighted by atomic mass is 32.2. The molecule has 0 bridgehead atoms. The van der Waals surface area contributed by atoms with E-state index in [1.54, 1.807) is 4.57 Å². The molecule has 1 N–H and O–H groups in total. The molecule has 2 rings (SSSR count). The van der Waals surface area contributed by atoms with E-state index in [0.29, 0.717) is 5.89 Å². The van der Waals surface area contributed by atoms with E-state index >= 15 is 0 Å². The van der Waals surface area contributed by atoms with Gasteiger partial charge in [-0.1, -0.05) is 27.7 Å². The number of hydrogen-bond acceptors (Lipinski definition) is 6. The summed E-state index contributed by atoms with van der Waals surface area (Å²) >= 11 is 0. The minimum absolute atomic E-state index is 0.0742. The van der Waals surface area contributed by atoms with Crippen LogP contribution in [0.1, 0.15) is 53.0 Å². The van der Waals surface area contributed by atoms with E-state index in [0.717, 1.165) is 6.42 Å². The maximum atomic E-state index is 12.3. The Hall–Kier alpha value is -1.90. The molecule has 0 aliphatic rings. The number of nitrogens with zero attached hydrogens (tertiary/aromatic N) is 4. The first kappa shape index (κ1) is 16.5. The summed E-state index contributed by atoms with van der Waals surface area (Å²) in [6, 6.07) is 0.175. The molecule has 0 amide bonds. The monoisotopic (exact) mass is 327 g/mol. The number of nitrogens with one attached hydrogen (secondary N) is 1. The molecule has 1 atom stereocenters. The van der Waals surface area contributed by atoms with Crippen molar-refractivity contribution in [3.05, 3.63) is 18.4 Å². The summed E-state index contributed by atoms with van der Waals surface area (Å²) in [6.45, 7) is 9.69. The van der Waals surface area contributed by atoms with Crippen molar-refractivity contribution in [1.29, 1.82) is 0 Å². The molecule has 2 aromatic heterocycles. The van der Waals surface area contributed by atoms with Crippen LogP contribution in [0.2, 0.25) is 0 Å². The summed E-state index contributed by atoms with van der Waals surface area (Å²) in [6.07, 6.45) is 3.86. The zero-order chi connectivity index (χ0) is 16.5. The number of aromatic nitrogens is 4. The summed E-state index contributed by atoms with van der Waals surface area (Å²) in [5.41, 5.74) is -0.352. The fourth-order valence-electron chi connectivity index (χ4n) is 1.65. The summed E-state index contributed by atoms with van der Waals surface area (Å²) in [5, 5.41) is 3.57. The molecule has 0 spiro atoms. The van der Waals surface area contributed by atoms with E-state index in [9.17, 15) is 8.42 Å². The smallest absolute Gasteiger partial charge is 0.283 e. The van der Waals surface area contributed by atoms with Crippen LogP contribution < -0.4 is 4.72 Å². The van der Waals surface area contributed by atoms with Gasteiger partial charge in [0.05, 0.1) is 6.33 Å². The Morgan fingerprint density at radius 2 is 2.09 bits per heavy atom. The second kappa shape index (κ2) is 5.71. The van der Waals surface area contributed by atoms with Crippen LogP contribution in [0, 0.1) is 0 Å². The third-order valence-electron chi connectivity index (χ3n) is 3.25. The quantitative estimate of drug-likeness (QED) is 0.904. The van der Waals surface area contributed by atoms with Gasteiger partial charge in [0.2, 0.25) is 5.89 Å². The fourth-order valence-corrected chi connectivity index (χ4v) is 2.52. The average molecular weight is 327 g/mol. The molecule has 0 saturated heterocycles. The molecule has 0 aliphatic carbocycles. The third kappa shape index (κ3) is 3.46. The Morgan fingerprint density at radius 1 is 1.41 bits per heavy atom. The zero-order valence-corrected chi connectivity index (χ0v) is 14.2. The Kier molecular flexibility index (Phi) is 4.28. The second-order valence-electron chi connectivity index (χ2n) is 6.20. The van der Waals surface area contributed by atoms with Gasteiger partial charge in [-0.25, -0.2) is 9.71 Å². The van der Waals surface area contributed by atoms with Crippen molar-refractivity contribution in [1.82, 2.24) is 19.7 Å². The lowest BCUT2D eigenvalue weighted by Crippen LogP contribution is -2.15. The van der Waals surface area contributed by atoms with Crippen LogP contribution in [0.4, 0.5) is 5.95 Å². The molecule has 0 saturated carbocycles. The van der Waals surface area contributed by atoms with Crippen molar-refractivity contribution >= 4 is 16.0 Å². The fraction of sp³-hybridized carbons (Fsp3) is 0.615. The summed E-state index contributed by atoms with van der Waals surface area (Å²) in [7, 11) is -3.83. The lowest BCUT2D eigenvalue weighted by molar-refractivity contribution is 0.321. The van der Waals surface area contributed by atoms with Gasteiger partial charge in [-0.05, 0) is 18.5 Å². The van der Waals surface area contributed by atoms with Gasteiger partial charge in [0.15, 0.2) is 5.03 Å². The Morgan fingerprint density at radius 3 is 2.64 bits per heavy atom. The molecule has 2 heterocycles. The van der Waals surface area contributed by atoms with Gasteiger partial charge >= 0.3 is 0 Å². The Balaban J connectivity index is 2.21. The second-order valence-corrected chi connectivity index (χ2v) is 7.82. The minimum atomic E-state index is -3.83. The lowest BCUT2D eigenvalue weighted by atomic mass is 9.97. The molecule has 0 radical (unpaired) electrons. The van der Waals surface area contributed by atoms with E-state index in [-0.39, 0.29) is 22.4 Å². The molecule has 1 unspecified atom stereocenters. The van der Waals surface area contributed by atoms with Crippen LogP contribution in [0.15, 0.2) is 22.1 Å². The molecule has 0 aromatic carbocycles. The van der Waals surface area contributed by atoms with Gasteiger partial charge in [0, 0.05) is 17.7 Å².